The number of benzene rings is 1. The lowest BCUT2D eigenvalue weighted by Gasteiger charge is -2.32. The number of aliphatic hydroxyl groups excluding tert-OH is 1. The smallest absolute Gasteiger partial charge is 0.231 e. The molecule has 2 aliphatic heterocycles. The van der Waals surface area contributed by atoms with Gasteiger partial charge in [-0.2, -0.15) is 0 Å². The minimum absolute atomic E-state index is 0.179. The predicted molar refractivity (Wildman–Crippen MR) is 68.2 cm³/mol. The van der Waals surface area contributed by atoms with Gasteiger partial charge in [-0.1, -0.05) is 5.92 Å². The predicted octanol–water partition coefficient (Wildman–Crippen LogP) is 0.906. The molecule has 0 fully saturated rings. The second-order valence-corrected chi connectivity index (χ2v) is 4.60. The monoisotopic (exact) mass is 261 g/mol. The lowest BCUT2D eigenvalue weighted by molar-refractivity contribution is 0.0990. The van der Waals surface area contributed by atoms with Gasteiger partial charge < -0.3 is 19.3 Å². The van der Waals surface area contributed by atoms with Gasteiger partial charge in [0.15, 0.2) is 11.5 Å². The average molecular weight is 261 g/mol. The molecule has 0 saturated carbocycles. The molecule has 1 aromatic carbocycles. The molecular formula is C14H15NO4. The summed E-state index contributed by atoms with van der Waals surface area (Å²) in [6.07, 6.45) is 4.74. The summed E-state index contributed by atoms with van der Waals surface area (Å²) in [5, 5.41) is 10.2. The minimum atomic E-state index is -0.597. The topological polar surface area (TPSA) is 51.2 Å². The highest BCUT2D eigenvalue weighted by Crippen LogP contribution is 2.48. The van der Waals surface area contributed by atoms with Crippen molar-refractivity contribution in [3.05, 3.63) is 17.2 Å². The Bertz CT molecular complexity index is 549. The number of terminal acetylenes is 1. The first-order chi connectivity index (χ1) is 9.24. The van der Waals surface area contributed by atoms with Crippen LogP contribution in [0.1, 0.15) is 17.2 Å². The van der Waals surface area contributed by atoms with Crippen molar-refractivity contribution in [2.75, 3.05) is 27.0 Å². The highest BCUT2D eigenvalue weighted by Gasteiger charge is 2.32. The molecule has 0 amide bonds. The van der Waals surface area contributed by atoms with Crippen LogP contribution in [0.5, 0.6) is 17.2 Å². The van der Waals surface area contributed by atoms with Crippen LogP contribution in [-0.4, -0.2) is 37.0 Å². The maximum atomic E-state index is 10.2. The molecule has 2 heterocycles. The molecule has 100 valence electrons. The van der Waals surface area contributed by atoms with Crippen LogP contribution in [0.2, 0.25) is 0 Å². The molecule has 0 saturated heterocycles. The summed E-state index contributed by atoms with van der Waals surface area (Å²) in [6.45, 7) is 1.82. The molecule has 1 N–H and O–H groups in total. The number of rotatable bonds is 2. The first kappa shape index (κ1) is 12.2. The average Bonchev–Trinajstić information content (AvgIpc) is 2.85. The standard InChI is InChI=1S/C14H15NO4/c1-3-4-15-6-10-9(11(16)7-15)5-12-14(13(10)17-2)19-8-18-12/h1,5,11,16H,4,6-8H2,2H3/t11-/m0/s1. The van der Waals surface area contributed by atoms with Gasteiger partial charge in [0.25, 0.3) is 0 Å². The van der Waals surface area contributed by atoms with Crippen molar-refractivity contribution in [1.82, 2.24) is 4.90 Å². The third kappa shape index (κ3) is 1.89. The number of fused-ring (bicyclic) bond motifs is 2. The Morgan fingerprint density at radius 3 is 3.16 bits per heavy atom. The molecule has 0 radical (unpaired) electrons. The van der Waals surface area contributed by atoms with Crippen LogP contribution in [0.15, 0.2) is 6.07 Å². The molecule has 0 aliphatic carbocycles. The summed E-state index contributed by atoms with van der Waals surface area (Å²) in [5.41, 5.74) is 1.75. The maximum absolute atomic E-state index is 10.2. The van der Waals surface area contributed by atoms with Gasteiger partial charge in [0.2, 0.25) is 12.5 Å². The van der Waals surface area contributed by atoms with Crippen molar-refractivity contribution in [2.45, 2.75) is 12.6 Å². The number of hydrogen-bond donors (Lipinski definition) is 1. The number of β-amino-alcohol motifs (C(OH)–C–C–N with tert-alkyl or cyclic N) is 1. The summed E-state index contributed by atoms with van der Waals surface area (Å²) >= 11 is 0. The van der Waals surface area contributed by atoms with Crippen molar-refractivity contribution in [3.63, 3.8) is 0 Å². The van der Waals surface area contributed by atoms with Crippen LogP contribution < -0.4 is 14.2 Å². The molecule has 1 aromatic rings. The number of aliphatic hydroxyl groups is 1. The first-order valence-electron chi connectivity index (χ1n) is 6.07. The molecule has 19 heavy (non-hydrogen) atoms. The molecular weight excluding hydrogens is 246 g/mol. The Kier molecular flexibility index (Phi) is 2.97. The summed E-state index contributed by atoms with van der Waals surface area (Å²) < 4.78 is 16.2. The molecule has 5 nitrogen and oxygen atoms in total. The molecule has 0 bridgehead atoms. The Morgan fingerprint density at radius 2 is 2.42 bits per heavy atom. The van der Waals surface area contributed by atoms with Crippen LogP contribution in [0, 0.1) is 12.3 Å². The van der Waals surface area contributed by atoms with E-state index in [1.54, 1.807) is 7.11 Å². The fourth-order valence-electron chi connectivity index (χ4n) is 2.63. The van der Waals surface area contributed by atoms with E-state index >= 15 is 0 Å². The zero-order chi connectivity index (χ0) is 13.4. The maximum Gasteiger partial charge on any atom is 0.231 e. The second-order valence-electron chi connectivity index (χ2n) is 4.60. The molecule has 5 heteroatoms. The van der Waals surface area contributed by atoms with E-state index in [0.29, 0.717) is 36.9 Å². The molecule has 0 aromatic heterocycles. The van der Waals surface area contributed by atoms with Crippen molar-refractivity contribution in [3.8, 4) is 29.6 Å². The van der Waals surface area contributed by atoms with Crippen molar-refractivity contribution < 1.29 is 19.3 Å². The summed E-state index contributed by atoms with van der Waals surface area (Å²) in [7, 11) is 1.59. The van der Waals surface area contributed by atoms with Gasteiger partial charge in [0.1, 0.15) is 0 Å². The molecule has 2 aliphatic rings. The van der Waals surface area contributed by atoms with Crippen LogP contribution in [0.4, 0.5) is 0 Å². The van der Waals surface area contributed by atoms with Crippen LogP contribution in [-0.2, 0) is 6.54 Å². The van der Waals surface area contributed by atoms with E-state index in [1.807, 2.05) is 11.0 Å². The number of ether oxygens (including phenoxy) is 3. The Labute approximate surface area is 111 Å². The fraction of sp³-hybridized carbons (Fsp3) is 0.429. The highest BCUT2D eigenvalue weighted by molar-refractivity contribution is 5.61. The zero-order valence-electron chi connectivity index (χ0n) is 10.7. The van der Waals surface area contributed by atoms with E-state index in [1.165, 1.54) is 0 Å². The molecule has 1 atom stereocenters. The van der Waals surface area contributed by atoms with Gasteiger partial charge in [0.05, 0.1) is 19.8 Å². The zero-order valence-corrected chi connectivity index (χ0v) is 10.7. The molecule has 3 rings (SSSR count). The third-order valence-corrected chi connectivity index (χ3v) is 3.45. The largest absolute Gasteiger partial charge is 0.492 e. The van der Waals surface area contributed by atoms with E-state index in [9.17, 15) is 5.11 Å². The lowest BCUT2D eigenvalue weighted by Crippen LogP contribution is -2.34. The van der Waals surface area contributed by atoms with Gasteiger partial charge in [-0.05, 0) is 11.6 Å². The number of nitrogens with zero attached hydrogens (tertiary/aromatic N) is 1. The highest BCUT2D eigenvalue weighted by atomic mass is 16.7. The second kappa shape index (κ2) is 4.65. The van der Waals surface area contributed by atoms with E-state index < -0.39 is 6.10 Å². The summed E-state index contributed by atoms with van der Waals surface area (Å²) in [6, 6.07) is 1.83. The SMILES string of the molecule is C#CCN1Cc2c(cc3c(c2OC)OCO3)[C@@H](O)C1. The van der Waals surface area contributed by atoms with Crippen LogP contribution in [0.3, 0.4) is 0 Å². The summed E-state index contributed by atoms with van der Waals surface area (Å²) in [4.78, 5) is 2.00. The number of hydrogen-bond acceptors (Lipinski definition) is 5. The van der Waals surface area contributed by atoms with E-state index in [4.69, 9.17) is 20.6 Å². The lowest BCUT2D eigenvalue weighted by atomic mass is 9.95. The van der Waals surface area contributed by atoms with Crippen molar-refractivity contribution in [1.29, 1.82) is 0 Å². The van der Waals surface area contributed by atoms with Crippen LogP contribution in [0.25, 0.3) is 0 Å². The van der Waals surface area contributed by atoms with Gasteiger partial charge >= 0.3 is 0 Å². The van der Waals surface area contributed by atoms with E-state index in [0.717, 1.165) is 11.1 Å². The normalized spacial score (nSPS) is 20.8. The van der Waals surface area contributed by atoms with Gasteiger partial charge in [-0.25, -0.2) is 0 Å². The van der Waals surface area contributed by atoms with Crippen molar-refractivity contribution >= 4 is 0 Å². The fourth-order valence-corrected chi connectivity index (χ4v) is 2.63. The number of methoxy groups -OCH3 is 1. The van der Waals surface area contributed by atoms with Crippen LogP contribution >= 0.6 is 0 Å². The Hall–Kier alpha value is -1.90. The Balaban J connectivity index is 2.08. The van der Waals surface area contributed by atoms with Gasteiger partial charge in [-0.3, -0.25) is 4.90 Å². The van der Waals surface area contributed by atoms with Gasteiger partial charge in [0, 0.05) is 18.7 Å². The third-order valence-electron chi connectivity index (χ3n) is 3.45. The van der Waals surface area contributed by atoms with Crippen molar-refractivity contribution in [2.24, 2.45) is 0 Å². The minimum Gasteiger partial charge on any atom is -0.492 e. The summed E-state index contributed by atoms with van der Waals surface area (Å²) in [5.74, 6) is 4.46. The first-order valence-corrected chi connectivity index (χ1v) is 6.07. The van der Waals surface area contributed by atoms with E-state index in [2.05, 4.69) is 5.92 Å². The molecule has 0 unspecified atom stereocenters. The molecule has 0 spiro atoms. The quantitative estimate of drug-likeness (QED) is 0.802. The Morgan fingerprint density at radius 1 is 1.58 bits per heavy atom. The van der Waals surface area contributed by atoms with Gasteiger partial charge in [-0.15, -0.1) is 6.42 Å². The van der Waals surface area contributed by atoms with E-state index in [-0.39, 0.29) is 6.79 Å².